The van der Waals surface area contributed by atoms with Gasteiger partial charge in [0.1, 0.15) is 0 Å². The Balaban J connectivity index is 3.73. The summed E-state index contributed by atoms with van der Waals surface area (Å²) < 4.78 is 14.9. The lowest BCUT2D eigenvalue weighted by atomic mass is 10.4. The van der Waals surface area contributed by atoms with Crippen molar-refractivity contribution < 1.29 is 14.0 Å². The van der Waals surface area contributed by atoms with Crippen molar-refractivity contribution in [2.75, 3.05) is 7.11 Å². The van der Waals surface area contributed by atoms with E-state index in [9.17, 15) is 4.57 Å². The number of hydrogen-bond acceptors (Lipinski definition) is 2. The maximum atomic E-state index is 10.6. The van der Waals surface area contributed by atoms with Crippen molar-refractivity contribution in [3.8, 4) is 0 Å². The Bertz CT molecular complexity index is 125. The van der Waals surface area contributed by atoms with Gasteiger partial charge in [0.25, 0.3) is 0 Å². The highest BCUT2D eigenvalue weighted by atomic mass is 31.2. The molecule has 1 atom stereocenters. The van der Waals surface area contributed by atoms with Crippen LogP contribution in [0.1, 0.15) is 13.8 Å². The maximum Gasteiger partial charge on any atom is 0.402 e. The molecule has 9 heavy (non-hydrogen) atoms. The predicted octanol–water partition coefficient (Wildman–Crippen LogP) is 0.731. The third-order valence-electron chi connectivity index (χ3n) is 0.669. The van der Waals surface area contributed by atoms with Crippen molar-refractivity contribution in [1.29, 1.82) is 0 Å². The van der Waals surface area contributed by atoms with Crippen LogP contribution in [0.15, 0.2) is 0 Å². The lowest BCUT2D eigenvalue weighted by Gasteiger charge is -2.12. The molecule has 0 spiro atoms. The van der Waals surface area contributed by atoms with Gasteiger partial charge in [0.2, 0.25) is 0 Å². The molecule has 0 bridgehead atoms. The highest BCUT2D eigenvalue weighted by molar-refractivity contribution is 7.50. The lowest BCUT2D eigenvalue weighted by Crippen LogP contribution is -2.19. The molecule has 0 rings (SSSR count). The zero-order chi connectivity index (χ0) is 7.49. The molecule has 5 heteroatoms. The van der Waals surface area contributed by atoms with Crippen molar-refractivity contribution in [3.05, 3.63) is 0 Å². The molecule has 0 aromatic heterocycles. The zero-order valence-electron chi connectivity index (χ0n) is 5.79. The third-order valence-corrected chi connectivity index (χ3v) is 2.01. The second-order valence-electron chi connectivity index (χ2n) is 1.99. The molecule has 56 valence electrons. The van der Waals surface area contributed by atoms with E-state index < -0.39 is 7.75 Å². The topological polar surface area (TPSA) is 58.6 Å². The zero-order valence-corrected chi connectivity index (χ0v) is 6.68. The van der Waals surface area contributed by atoms with Crippen LogP contribution in [0.5, 0.6) is 0 Å². The van der Waals surface area contributed by atoms with Crippen LogP contribution in [-0.2, 0) is 9.09 Å². The molecule has 0 aromatic carbocycles. The summed E-state index contributed by atoms with van der Waals surface area (Å²) in [6.45, 7) is 3.53. The second kappa shape index (κ2) is 3.32. The van der Waals surface area contributed by atoms with E-state index in [4.69, 9.17) is 4.89 Å². The van der Waals surface area contributed by atoms with Crippen LogP contribution in [0, 0.1) is 0 Å². The first kappa shape index (κ1) is 9.11. The Morgan fingerprint density at radius 2 is 2.11 bits per heavy atom. The third kappa shape index (κ3) is 4.60. The van der Waals surface area contributed by atoms with Gasteiger partial charge in [-0.1, -0.05) is 0 Å². The lowest BCUT2D eigenvalue weighted by molar-refractivity contribution is 0.299. The normalized spacial score (nSPS) is 17.9. The van der Waals surface area contributed by atoms with Crippen LogP contribution in [0.4, 0.5) is 0 Å². The van der Waals surface area contributed by atoms with Crippen LogP contribution in [-0.4, -0.2) is 18.0 Å². The van der Waals surface area contributed by atoms with Crippen molar-refractivity contribution in [2.45, 2.75) is 19.9 Å². The molecular weight excluding hydrogens is 141 g/mol. The van der Waals surface area contributed by atoms with Gasteiger partial charge in [-0.25, -0.2) is 9.65 Å². The van der Waals surface area contributed by atoms with E-state index in [0.29, 0.717) is 0 Å². The van der Waals surface area contributed by atoms with Gasteiger partial charge in [-0.05, 0) is 13.8 Å². The molecule has 2 N–H and O–H groups in total. The molecular formula is C4H12NO3P. The molecule has 0 saturated heterocycles. The smallest absolute Gasteiger partial charge is 0.312 e. The Kier molecular flexibility index (Phi) is 3.36. The fourth-order valence-electron chi connectivity index (χ4n) is 0.379. The number of rotatable bonds is 3. The molecule has 0 aliphatic heterocycles. The summed E-state index contributed by atoms with van der Waals surface area (Å²) in [4.78, 5) is 8.72. The molecule has 4 nitrogen and oxygen atoms in total. The Labute approximate surface area is 54.8 Å². The Hall–Kier alpha value is 0.110. The van der Waals surface area contributed by atoms with Crippen molar-refractivity contribution in [1.82, 2.24) is 5.09 Å². The molecule has 0 aliphatic carbocycles. The number of hydrogen-bond donors (Lipinski definition) is 2. The molecule has 0 saturated carbocycles. The summed E-state index contributed by atoms with van der Waals surface area (Å²) in [5.41, 5.74) is 0. The van der Waals surface area contributed by atoms with Crippen LogP contribution >= 0.6 is 7.75 Å². The van der Waals surface area contributed by atoms with Gasteiger partial charge >= 0.3 is 7.75 Å². The highest BCUT2D eigenvalue weighted by Crippen LogP contribution is 2.35. The number of nitrogens with one attached hydrogen (secondary N) is 1. The summed E-state index contributed by atoms with van der Waals surface area (Å²) >= 11 is 0. The molecule has 0 heterocycles. The van der Waals surface area contributed by atoms with E-state index in [1.54, 1.807) is 13.8 Å². The first-order valence-corrected chi connectivity index (χ1v) is 4.22. The molecule has 0 amide bonds. The predicted molar refractivity (Wildman–Crippen MR) is 35.1 cm³/mol. The van der Waals surface area contributed by atoms with Crippen LogP contribution in [0.3, 0.4) is 0 Å². The minimum Gasteiger partial charge on any atom is -0.312 e. The summed E-state index contributed by atoms with van der Waals surface area (Å²) in [7, 11) is -2.29. The van der Waals surface area contributed by atoms with Crippen LogP contribution < -0.4 is 5.09 Å². The average Bonchev–Trinajstić information content (AvgIpc) is 1.63. The van der Waals surface area contributed by atoms with Crippen molar-refractivity contribution in [3.63, 3.8) is 0 Å². The maximum absolute atomic E-state index is 10.6. The second-order valence-corrected chi connectivity index (χ2v) is 3.65. The first-order chi connectivity index (χ1) is 3.98. The standard InChI is InChI=1S/C4H12NO3P/c1-4(2)5-9(6,7)8-3/h4H,1-3H3,(H2,5,6,7). The fraction of sp³-hybridized carbons (Fsp3) is 1.00. The van der Waals surface area contributed by atoms with Gasteiger partial charge in [0, 0.05) is 13.2 Å². The Morgan fingerprint density at radius 3 is 2.22 bits per heavy atom. The van der Waals surface area contributed by atoms with Gasteiger partial charge in [-0.15, -0.1) is 0 Å². The summed E-state index contributed by atoms with van der Waals surface area (Å²) in [5, 5.41) is 2.36. The largest absolute Gasteiger partial charge is 0.402 e. The fourth-order valence-corrected chi connectivity index (χ4v) is 1.14. The van der Waals surface area contributed by atoms with Crippen molar-refractivity contribution in [2.24, 2.45) is 0 Å². The van der Waals surface area contributed by atoms with Crippen LogP contribution in [0.2, 0.25) is 0 Å². The van der Waals surface area contributed by atoms with E-state index >= 15 is 0 Å². The molecule has 0 fully saturated rings. The van der Waals surface area contributed by atoms with E-state index in [1.165, 1.54) is 7.11 Å². The minimum absolute atomic E-state index is 0.0409. The molecule has 1 unspecified atom stereocenters. The van der Waals surface area contributed by atoms with Gasteiger partial charge in [0.15, 0.2) is 0 Å². The first-order valence-electron chi connectivity index (χ1n) is 2.64. The highest BCUT2D eigenvalue weighted by Gasteiger charge is 2.16. The van der Waals surface area contributed by atoms with Crippen molar-refractivity contribution >= 4 is 7.75 Å². The molecule has 0 aromatic rings. The van der Waals surface area contributed by atoms with E-state index in [1.807, 2.05) is 0 Å². The van der Waals surface area contributed by atoms with E-state index in [2.05, 4.69) is 9.61 Å². The summed E-state index contributed by atoms with van der Waals surface area (Å²) in [5.74, 6) is 0. The van der Waals surface area contributed by atoms with E-state index in [-0.39, 0.29) is 6.04 Å². The monoisotopic (exact) mass is 153 g/mol. The Morgan fingerprint density at radius 1 is 1.67 bits per heavy atom. The van der Waals surface area contributed by atoms with Gasteiger partial charge in [-0.3, -0.25) is 0 Å². The minimum atomic E-state index is -3.48. The van der Waals surface area contributed by atoms with Gasteiger partial charge in [-0.2, -0.15) is 0 Å². The average molecular weight is 153 g/mol. The SMILES string of the molecule is COP(=O)(O)NC(C)C. The quantitative estimate of drug-likeness (QED) is 0.587. The summed E-state index contributed by atoms with van der Waals surface area (Å²) in [6.07, 6.45) is 0. The molecule has 0 aliphatic rings. The van der Waals surface area contributed by atoms with Gasteiger partial charge in [0.05, 0.1) is 0 Å². The van der Waals surface area contributed by atoms with Crippen LogP contribution in [0.25, 0.3) is 0 Å². The van der Waals surface area contributed by atoms with Gasteiger partial charge < -0.3 is 9.42 Å². The van der Waals surface area contributed by atoms with E-state index in [0.717, 1.165) is 0 Å². The molecule has 0 radical (unpaired) electrons. The summed E-state index contributed by atoms with van der Waals surface area (Å²) in [6, 6.07) is -0.0409.